The Morgan fingerprint density at radius 2 is 2.19 bits per heavy atom. The van der Waals surface area contributed by atoms with E-state index in [2.05, 4.69) is 28.5 Å². The first-order valence-electron chi connectivity index (χ1n) is 9.36. The summed E-state index contributed by atoms with van der Waals surface area (Å²) < 4.78 is 5.81. The molecular formula is C21H25N3O2. The van der Waals surface area contributed by atoms with Crippen LogP contribution in [0, 0.1) is 12.8 Å². The number of hydrogen-bond acceptors (Lipinski definition) is 3. The molecule has 5 heteroatoms. The average Bonchev–Trinajstić information content (AvgIpc) is 3.51. The van der Waals surface area contributed by atoms with Crippen molar-refractivity contribution in [2.75, 3.05) is 25.0 Å². The summed E-state index contributed by atoms with van der Waals surface area (Å²) in [4.78, 5) is 19.0. The molecule has 1 N–H and O–H groups in total. The van der Waals surface area contributed by atoms with Crippen LogP contribution in [0.15, 0.2) is 42.6 Å². The van der Waals surface area contributed by atoms with E-state index in [1.807, 2.05) is 30.0 Å². The molecule has 5 nitrogen and oxygen atoms in total. The lowest BCUT2D eigenvalue weighted by Gasteiger charge is -2.33. The van der Waals surface area contributed by atoms with E-state index in [0.29, 0.717) is 25.6 Å². The van der Waals surface area contributed by atoms with Gasteiger partial charge in [-0.3, -0.25) is 4.98 Å². The third-order valence-corrected chi connectivity index (χ3v) is 5.18. The van der Waals surface area contributed by atoms with Crippen molar-refractivity contribution in [1.82, 2.24) is 9.88 Å². The van der Waals surface area contributed by atoms with Crippen LogP contribution in [0.5, 0.6) is 0 Å². The number of hydrogen-bond donors (Lipinski definition) is 1. The number of aryl methyl sites for hydroxylation is 1. The summed E-state index contributed by atoms with van der Waals surface area (Å²) in [5, 5.41) is 3.10. The van der Waals surface area contributed by atoms with E-state index in [-0.39, 0.29) is 12.1 Å². The van der Waals surface area contributed by atoms with Gasteiger partial charge in [0.25, 0.3) is 0 Å². The molecule has 0 spiro atoms. The highest BCUT2D eigenvalue weighted by molar-refractivity contribution is 5.90. The topological polar surface area (TPSA) is 54.5 Å². The van der Waals surface area contributed by atoms with E-state index in [1.165, 1.54) is 12.8 Å². The molecule has 1 unspecified atom stereocenters. The number of rotatable bonds is 4. The predicted molar refractivity (Wildman–Crippen MR) is 101 cm³/mol. The van der Waals surface area contributed by atoms with Crippen molar-refractivity contribution >= 4 is 11.7 Å². The summed E-state index contributed by atoms with van der Waals surface area (Å²) in [6.45, 7) is 4.00. The molecule has 2 aliphatic rings. The van der Waals surface area contributed by atoms with E-state index in [1.54, 1.807) is 6.20 Å². The van der Waals surface area contributed by atoms with Gasteiger partial charge in [0.05, 0.1) is 12.7 Å². The molecule has 2 amide bonds. The predicted octanol–water partition coefficient (Wildman–Crippen LogP) is 3.62. The molecule has 1 saturated heterocycles. The first-order chi connectivity index (χ1) is 12.7. The first kappa shape index (κ1) is 17.0. The molecule has 1 saturated carbocycles. The van der Waals surface area contributed by atoms with E-state index in [0.717, 1.165) is 28.9 Å². The van der Waals surface area contributed by atoms with Crippen LogP contribution in [0.4, 0.5) is 10.5 Å². The molecule has 2 fully saturated rings. The van der Waals surface area contributed by atoms with Gasteiger partial charge in [-0.25, -0.2) is 4.79 Å². The zero-order valence-corrected chi connectivity index (χ0v) is 15.1. The van der Waals surface area contributed by atoms with Gasteiger partial charge < -0.3 is 15.0 Å². The molecule has 136 valence electrons. The third-order valence-electron chi connectivity index (χ3n) is 5.18. The number of ether oxygens (including phenoxy) is 1. The normalized spacial score (nSPS) is 20.0. The van der Waals surface area contributed by atoms with Crippen molar-refractivity contribution in [3.8, 4) is 0 Å². The lowest BCUT2D eigenvalue weighted by atomic mass is 10.1. The van der Waals surface area contributed by atoms with Crippen molar-refractivity contribution in [1.29, 1.82) is 0 Å². The van der Waals surface area contributed by atoms with Gasteiger partial charge in [0.15, 0.2) is 0 Å². The number of carbonyl (C=O) groups excluding carboxylic acids is 1. The minimum Gasteiger partial charge on any atom is -0.374 e. The van der Waals surface area contributed by atoms with Crippen LogP contribution >= 0.6 is 0 Å². The SMILES string of the molecule is Cc1ccc(Cc2ccccn2)cc1NC(=O)N1CCOC(C2CC2)C1. The molecule has 1 aliphatic heterocycles. The number of anilines is 1. The van der Waals surface area contributed by atoms with Crippen molar-refractivity contribution in [2.24, 2.45) is 5.92 Å². The minimum absolute atomic E-state index is 0.0305. The Bertz CT molecular complexity index is 774. The van der Waals surface area contributed by atoms with Crippen LogP contribution in [-0.4, -0.2) is 41.7 Å². The van der Waals surface area contributed by atoms with E-state index >= 15 is 0 Å². The Labute approximate surface area is 154 Å². The van der Waals surface area contributed by atoms with E-state index in [9.17, 15) is 4.79 Å². The number of pyridine rings is 1. The van der Waals surface area contributed by atoms with Gasteiger partial charge in [-0.15, -0.1) is 0 Å². The van der Waals surface area contributed by atoms with Gasteiger partial charge >= 0.3 is 6.03 Å². The van der Waals surface area contributed by atoms with Gasteiger partial charge in [-0.2, -0.15) is 0 Å². The zero-order valence-electron chi connectivity index (χ0n) is 15.1. The average molecular weight is 351 g/mol. The molecule has 1 aliphatic carbocycles. The maximum Gasteiger partial charge on any atom is 0.322 e. The second kappa shape index (κ2) is 7.46. The Morgan fingerprint density at radius 3 is 2.96 bits per heavy atom. The number of nitrogens with one attached hydrogen (secondary N) is 1. The minimum atomic E-state index is -0.0305. The number of aromatic nitrogens is 1. The summed E-state index contributed by atoms with van der Waals surface area (Å²) in [7, 11) is 0. The molecule has 0 bridgehead atoms. The fourth-order valence-electron chi connectivity index (χ4n) is 3.43. The molecule has 0 radical (unpaired) electrons. The first-order valence-corrected chi connectivity index (χ1v) is 9.36. The number of benzene rings is 1. The summed E-state index contributed by atoms with van der Waals surface area (Å²) in [6, 6.07) is 12.1. The van der Waals surface area contributed by atoms with Crippen LogP contribution in [-0.2, 0) is 11.2 Å². The van der Waals surface area contributed by atoms with Gasteiger partial charge in [-0.1, -0.05) is 18.2 Å². The van der Waals surface area contributed by atoms with Gasteiger partial charge in [0.1, 0.15) is 0 Å². The molecule has 2 heterocycles. The van der Waals surface area contributed by atoms with E-state index in [4.69, 9.17) is 4.74 Å². The Morgan fingerprint density at radius 1 is 1.31 bits per heavy atom. The summed E-state index contributed by atoms with van der Waals surface area (Å²) in [5.74, 6) is 0.647. The number of morpholine rings is 1. The van der Waals surface area contributed by atoms with Crippen LogP contribution in [0.3, 0.4) is 0 Å². The maximum absolute atomic E-state index is 12.7. The summed E-state index contributed by atoms with van der Waals surface area (Å²) in [5.41, 5.74) is 4.10. The third kappa shape index (κ3) is 4.05. The number of urea groups is 1. The summed E-state index contributed by atoms with van der Waals surface area (Å²) in [6.07, 6.45) is 5.24. The Hall–Kier alpha value is -2.40. The highest BCUT2D eigenvalue weighted by Crippen LogP contribution is 2.35. The van der Waals surface area contributed by atoms with Gasteiger partial charge in [0, 0.05) is 37.1 Å². The van der Waals surface area contributed by atoms with Crippen LogP contribution in [0.1, 0.15) is 29.7 Å². The monoisotopic (exact) mass is 351 g/mol. The molecule has 1 atom stereocenters. The van der Waals surface area contributed by atoms with Crippen LogP contribution in [0.2, 0.25) is 0 Å². The maximum atomic E-state index is 12.7. The molecule has 1 aromatic heterocycles. The summed E-state index contributed by atoms with van der Waals surface area (Å²) >= 11 is 0. The number of nitrogens with zero attached hydrogens (tertiary/aromatic N) is 2. The Balaban J connectivity index is 1.43. The van der Waals surface area contributed by atoms with Crippen LogP contribution < -0.4 is 5.32 Å². The number of amides is 2. The fraction of sp³-hybridized carbons (Fsp3) is 0.429. The molecule has 1 aromatic carbocycles. The van der Waals surface area contributed by atoms with Crippen LogP contribution in [0.25, 0.3) is 0 Å². The Kier molecular flexibility index (Phi) is 4.89. The second-order valence-corrected chi connectivity index (χ2v) is 7.27. The molecule has 26 heavy (non-hydrogen) atoms. The highest BCUT2D eigenvalue weighted by Gasteiger charge is 2.36. The van der Waals surface area contributed by atoms with Gasteiger partial charge in [0.2, 0.25) is 0 Å². The molecule has 2 aromatic rings. The van der Waals surface area contributed by atoms with Crippen molar-refractivity contribution in [3.05, 3.63) is 59.4 Å². The van der Waals surface area contributed by atoms with Gasteiger partial charge in [-0.05, 0) is 55.0 Å². The van der Waals surface area contributed by atoms with Crippen molar-refractivity contribution < 1.29 is 9.53 Å². The highest BCUT2D eigenvalue weighted by atomic mass is 16.5. The molecular weight excluding hydrogens is 326 g/mol. The lowest BCUT2D eigenvalue weighted by molar-refractivity contribution is -0.0234. The standard InChI is InChI=1S/C21H25N3O2/c1-15-5-6-16(12-18-4-2-3-9-22-18)13-19(15)23-21(25)24-10-11-26-20(14-24)17-7-8-17/h2-6,9,13,17,20H,7-8,10-12,14H2,1H3,(H,23,25). The smallest absolute Gasteiger partial charge is 0.322 e. The zero-order chi connectivity index (χ0) is 17.9. The van der Waals surface area contributed by atoms with E-state index < -0.39 is 0 Å². The lowest BCUT2D eigenvalue weighted by Crippen LogP contribution is -2.48. The number of carbonyl (C=O) groups is 1. The van der Waals surface area contributed by atoms with Crippen molar-refractivity contribution in [2.45, 2.75) is 32.3 Å². The largest absolute Gasteiger partial charge is 0.374 e. The van der Waals surface area contributed by atoms with Crippen molar-refractivity contribution in [3.63, 3.8) is 0 Å². The fourth-order valence-corrected chi connectivity index (χ4v) is 3.43. The molecule has 4 rings (SSSR count). The quantitative estimate of drug-likeness (QED) is 0.915. The second-order valence-electron chi connectivity index (χ2n) is 7.27.